The summed E-state index contributed by atoms with van der Waals surface area (Å²) in [6.45, 7) is 0.726. The molecule has 7 heteroatoms. The first-order chi connectivity index (χ1) is 11.6. The van der Waals surface area contributed by atoms with Gasteiger partial charge in [-0.25, -0.2) is 4.98 Å². The number of thiophene rings is 1. The fourth-order valence-electron chi connectivity index (χ4n) is 3.31. The Balaban J connectivity index is 1.73. The van der Waals surface area contributed by atoms with Gasteiger partial charge in [-0.3, -0.25) is 0 Å². The minimum atomic E-state index is 0.139. The Hall–Kier alpha value is -1.08. The highest BCUT2D eigenvalue weighted by molar-refractivity contribution is 9.10. The van der Waals surface area contributed by atoms with Gasteiger partial charge in [-0.2, -0.15) is 0 Å². The van der Waals surface area contributed by atoms with Gasteiger partial charge in [0.25, 0.3) is 0 Å². The molecule has 1 fully saturated rings. The van der Waals surface area contributed by atoms with Gasteiger partial charge in [0.1, 0.15) is 16.4 Å². The molecule has 4 rings (SSSR count). The Labute approximate surface area is 157 Å². The van der Waals surface area contributed by atoms with E-state index in [9.17, 15) is 0 Å². The van der Waals surface area contributed by atoms with Crippen LogP contribution in [0, 0.1) is 0 Å². The number of aromatic nitrogens is 1. The van der Waals surface area contributed by atoms with Crippen LogP contribution >= 0.6 is 38.9 Å². The highest BCUT2D eigenvalue weighted by atomic mass is 79.9. The number of rotatable bonds is 4. The molecule has 3 heterocycles. The third kappa shape index (κ3) is 2.96. The Bertz CT molecular complexity index is 864. The monoisotopic (exact) mass is 425 g/mol. The molecule has 24 heavy (non-hydrogen) atoms. The fourth-order valence-corrected chi connectivity index (χ4v) is 4.79. The summed E-state index contributed by atoms with van der Waals surface area (Å²) in [5, 5.41) is 5.92. The predicted molar refractivity (Wildman–Crippen MR) is 103 cm³/mol. The standard InChI is InChI=1S/C17H17BrClN3OS/c18-14-15-17(23-16(14)10-4-1-5-11(10)20)12(7-13(19)22-15)21-8-9-3-2-6-24-9/h2-3,6-7,10-11H,1,4-5,8,20H2,(H,21,22)/t10-,11-/m0/s1. The smallest absolute Gasteiger partial charge is 0.177 e. The predicted octanol–water partition coefficient (Wildman–Crippen LogP) is 5.51. The molecule has 2 atom stereocenters. The molecule has 4 nitrogen and oxygen atoms in total. The molecule has 0 radical (unpaired) electrons. The Morgan fingerprint density at radius 2 is 2.33 bits per heavy atom. The van der Waals surface area contributed by atoms with E-state index in [1.165, 1.54) is 4.88 Å². The van der Waals surface area contributed by atoms with Crippen LogP contribution in [0.1, 0.15) is 35.8 Å². The van der Waals surface area contributed by atoms with Crippen LogP contribution in [0.2, 0.25) is 5.15 Å². The molecule has 1 aliphatic rings. The Morgan fingerprint density at radius 1 is 1.46 bits per heavy atom. The summed E-state index contributed by atoms with van der Waals surface area (Å²) >= 11 is 11.6. The van der Waals surface area contributed by atoms with Crippen LogP contribution in [0.15, 0.2) is 32.5 Å². The first-order valence-electron chi connectivity index (χ1n) is 7.93. The van der Waals surface area contributed by atoms with Crippen LogP contribution < -0.4 is 11.1 Å². The Kier molecular flexibility index (Phi) is 4.56. The molecule has 1 aliphatic carbocycles. The second-order valence-corrected chi connectivity index (χ2v) is 8.30. The number of furan rings is 1. The van der Waals surface area contributed by atoms with Crippen molar-refractivity contribution in [3.8, 4) is 0 Å². The van der Waals surface area contributed by atoms with Crippen LogP contribution in [-0.2, 0) is 6.54 Å². The van der Waals surface area contributed by atoms with Crippen molar-refractivity contribution in [3.63, 3.8) is 0 Å². The highest BCUT2D eigenvalue weighted by Gasteiger charge is 2.32. The van der Waals surface area contributed by atoms with Gasteiger partial charge in [0.15, 0.2) is 5.58 Å². The van der Waals surface area contributed by atoms with Gasteiger partial charge in [-0.1, -0.05) is 24.1 Å². The summed E-state index contributed by atoms with van der Waals surface area (Å²) in [4.78, 5) is 5.69. The number of anilines is 1. The minimum absolute atomic E-state index is 0.139. The molecule has 126 valence electrons. The van der Waals surface area contributed by atoms with Crippen LogP contribution in [0.3, 0.4) is 0 Å². The molecule has 1 saturated carbocycles. The minimum Gasteiger partial charge on any atom is -0.456 e. The number of pyridine rings is 1. The molecule has 0 spiro atoms. The van der Waals surface area contributed by atoms with Gasteiger partial charge in [0.2, 0.25) is 0 Å². The number of nitrogens with one attached hydrogen (secondary N) is 1. The number of hydrogen-bond donors (Lipinski definition) is 2. The number of nitrogens with two attached hydrogens (primary N) is 1. The normalized spacial score (nSPS) is 20.8. The van der Waals surface area contributed by atoms with Crippen molar-refractivity contribution in [3.05, 3.63) is 43.8 Å². The van der Waals surface area contributed by atoms with Gasteiger partial charge in [0, 0.05) is 29.4 Å². The Morgan fingerprint density at radius 3 is 3.04 bits per heavy atom. The molecular formula is C17H17BrClN3OS. The van der Waals surface area contributed by atoms with Crippen molar-refractivity contribution < 1.29 is 4.42 Å². The zero-order valence-electron chi connectivity index (χ0n) is 12.9. The van der Waals surface area contributed by atoms with E-state index in [0.717, 1.165) is 52.8 Å². The number of nitrogens with zero attached hydrogens (tertiary/aromatic N) is 1. The second kappa shape index (κ2) is 6.67. The maximum Gasteiger partial charge on any atom is 0.177 e. The lowest BCUT2D eigenvalue weighted by Crippen LogP contribution is -2.22. The number of fused-ring (bicyclic) bond motifs is 1. The van der Waals surface area contributed by atoms with Crippen molar-refractivity contribution in [1.29, 1.82) is 0 Å². The van der Waals surface area contributed by atoms with Crippen LogP contribution in [0.25, 0.3) is 11.1 Å². The zero-order valence-corrected chi connectivity index (χ0v) is 16.0. The van der Waals surface area contributed by atoms with E-state index in [4.69, 9.17) is 21.8 Å². The van der Waals surface area contributed by atoms with Gasteiger partial charge in [-0.05, 0) is 40.2 Å². The number of hydrogen-bond acceptors (Lipinski definition) is 5. The molecule has 0 aromatic carbocycles. The lowest BCUT2D eigenvalue weighted by Gasteiger charge is -2.12. The molecule has 0 amide bonds. The highest BCUT2D eigenvalue weighted by Crippen LogP contribution is 2.43. The molecule has 0 aliphatic heterocycles. The first-order valence-corrected chi connectivity index (χ1v) is 9.99. The van der Waals surface area contributed by atoms with E-state index < -0.39 is 0 Å². The maximum atomic E-state index is 6.25. The molecule has 3 aromatic heterocycles. The first kappa shape index (κ1) is 16.4. The summed E-state index contributed by atoms with van der Waals surface area (Å²) in [6, 6.07) is 6.09. The molecule has 0 saturated heterocycles. The third-order valence-corrected chi connectivity index (χ3v) is 6.35. The molecule has 0 bridgehead atoms. The molecule has 0 unspecified atom stereocenters. The van der Waals surface area contributed by atoms with E-state index in [2.05, 4.69) is 37.7 Å². The van der Waals surface area contributed by atoms with Crippen molar-refractivity contribution in [1.82, 2.24) is 4.98 Å². The summed E-state index contributed by atoms with van der Waals surface area (Å²) in [5.41, 5.74) is 8.60. The van der Waals surface area contributed by atoms with Crippen LogP contribution in [-0.4, -0.2) is 11.0 Å². The van der Waals surface area contributed by atoms with E-state index in [1.807, 2.05) is 12.1 Å². The second-order valence-electron chi connectivity index (χ2n) is 6.08. The van der Waals surface area contributed by atoms with Gasteiger partial charge >= 0.3 is 0 Å². The van der Waals surface area contributed by atoms with Crippen LogP contribution in [0.5, 0.6) is 0 Å². The van der Waals surface area contributed by atoms with E-state index in [0.29, 0.717) is 5.15 Å². The van der Waals surface area contributed by atoms with Crippen molar-refractivity contribution in [2.45, 2.75) is 37.8 Å². The van der Waals surface area contributed by atoms with Gasteiger partial charge < -0.3 is 15.5 Å². The van der Waals surface area contributed by atoms with E-state index in [-0.39, 0.29) is 12.0 Å². The van der Waals surface area contributed by atoms with Crippen molar-refractivity contribution in [2.24, 2.45) is 5.73 Å². The average Bonchev–Trinajstić information content (AvgIpc) is 3.27. The van der Waals surface area contributed by atoms with Crippen LogP contribution in [0.4, 0.5) is 5.69 Å². The van der Waals surface area contributed by atoms with Crippen molar-refractivity contribution >= 4 is 55.7 Å². The largest absolute Gasteiger partial charge is 0.456 e. The molecule has 3 N–H and O–H groups in total. The quantitative estimate of drug-likeness (QED) is 0.540. The third-order valence-electron chi connectivity index (χ3n) is 4.52. The van der Waals surface area contributed by atoms with Crippen molar-refractivity contribution in [2.75, 3.05) is 5.32 Å². The van der Waals surface area contributed by atoms with E-state index in [1.54, 1.807) is 11.3 Å². The summed E-state index contributed by atoms with van der Waals surface area (Å²) in [6.07, 6.45) is 3.21. The SMILES string of the molecule is N[C@H]1CCC[C@@H]1c1oc2c(NCc3cccs3)cc(Cl)nc2c1Br. The topological polar surface area (TPSA) is 64.1 Å². The average molecular weight is 427 g/mol. The fraction of sp³-hybridized carbons (Fsp3) is 0.353. The lowest BCUT2D eigenvalue weighted by molar-refractivity contribution is 0.464. The maximum absolute atomic E-state index is 6.25. The van der Waals surface area contributed by atoms with Gasteiger partial charge in [-0.15, -0.1) is 11.3 Å². The summed E-state index contributed by atoms with van der Waals surface area (Å²) in [7, 11) is 0. The summed E-state index contributed by atoms with van der Waals surface area (Å²) in [5.74, 6) is 1.13. The zero-order chi connectivity index (χ0) is 16.7. The number of halogens is 2. The summed E-state index contributed by atoms with van der Waals surface area (Å²) < 4.78 is 7.08. The van der Waals surface area contributed by atoms with Gasteiger partial charge in [0.05, 0.1) is 10.2 Å². The molecule has 3 aromatic rings. The molecular weight excluding hydrogens is 410 g/mol. The lowest BCUT2D eigenvalue weighted by atomic mass is 10.0. The van der Waals surface area contributed by atoms with E-state index >= 15 is 0 Å².